The minimum Gasteiger partial charge on any atom is -0.294 e. The van der Waals surface area contributed by atoms with Crippen LogP contribution in [0.1, 0.15) is 25.0 Å². The lowest BCUT2D eigenvalue weighted by atomic mass is 9.94. The summed E-state index contributed by atoms with van der Waals surface area (Å²) in [5, 5.41) is 0. The molecule has 0 spiro atoms. The molecule has 1 rings (SSSR count). The second kappa shape index (κ2) is 3.44. The molecule has 0 atom stereocenters. The van der Waals surface area contributed by atoms with Gasteiger partial charge in [-0.15, -0.1) is 0 Å². The Kier molecular flexibility index (Phi) is 2.68. The van der Waals surface area contributed by atoms with Crippen LogP contribution in [0.4, 0.5) is 4.39 Å². The molecule has 0 aliphatic carbocycles. The molecular weight excluding hydrogens is 169 g/mol. The molecule has 0 aliphatic heterocycles. The highest BCUT2D eigenvalue weighted by atomic mass is 19.1. The van der Waals surface area contributed by atoms with Crippen LogP contribution < -0.4 is 5.90 Å². The fraction of sp³-hybridized carbons (Fsp3) is 0.400. The van der Waals surface area contributed by atoms with Crippen LogP contribution in [0.2, 0.25) is 0 Å². The van der Waals surface area contributed by atoms with Gasteiger partial charge in [-0.25, -0.2) is 10.3 Å². The molecule has 0 heterocycles. The van der Waals surface area contributed by atoms with E-state index in [0.29, 0.717) is 0 Å². The Bertz CT molecular complexity index is 310. The molecule has 0 unspecified atom stereocenters. The lowest BCUT2D eigenvalue weighted by molar-refractivity contribution is -0.0240. The van der Waals surface area contributed by atoms with E-state index >= 15 is 0 Å². The van der Waals surface area contributed by atoms with Crippen molar-refractivity contribution in [1.82, 2.24) is 0 Å². The molecule has 72 valence electrons. The molecule has 0 radical (unpaired) electrons. The topological polar surface area (TPSA) is 35.2 Å². The first-order chi connectivity index (χ1) is 5.97. The van der Waals surface area contributed by atoms with Crippen LogP contribution in [0.25, 0.3) is 0 Å². The van der Waals surface area contributed by atoms with Gasteiger partial charge in [0.1, 0.15) is 11.4 Å². The lowest BCUT2D eigenvalue weighted by Gasteiger charge is -2.24. The van der Waals surface area contributed by atoms with Crippen molar-refractivity contribution in [2.24, 2.45) is 5.90 Å². The summed E-state index contributed by atoms with van der Waals surface area (Å²) in [6.07, 6.45) is 0. The molecule has 13 heavy (non-hydrogen) atoms. The summed E-state index contributed by atoms with van der Waals surface area (Å²) in [4.78, 5) is 4.82. The average molecular weight is 183 g/mol. The third kappa shape index (κ3) is 2.05. The van der Waals surface area contributed by atoms with Gasteiger partial charge in [-0.05, 0) is 44.0 Å². The molecular formula is C10H14FNO. The maximum atomic E-state index is 12.8. The van der Waals surface area contributed by atoms with E-state index in [2.05, 4.69) is 0 Å². The third-order valence-corrected chi connectivity index (χ3v) is 2.13. The van der Waals surface area contributed by atoms with Gasteiger partial charge >= 0.3 is 0 Å². The van der Waals surface area contributed by atoms with Gasteiger partial charge in [0, 0.05) is 0 Å². The Labute approximate surface area is 77.5 Å². The van der Waals surface area contributed by atoms with E-state index in [9.17, 15) is 4.39 Å². The maximum absolute atomic E-state index is 12.8. The highest BCUT2D eigenvalue weighted by Crippen LogP contribution is 2.26. The Morgan fingerprint density at radius 3 is 2.46 bits per heavy atom. The predicted octanol–water partition coefficient (Wildman–Crippen LogP) is 2.26. The molecule has 1 aromatic rings. The van der Waals surface area contributed by atoms with E-state index in [1.165, 1.54) is 12.1 Å². The molecule has 1 aromatic carbocycles. The van der Waals surface area contributed by atoms with Crippen LogP contribution in [0.5, 0.6) is 0 Å². The first-order valence-electron chi connectivity index (χ1n) is 4.12. The summed E-state index contributed by atoms with van der Waals surface area (Å²) in [6.45, 7) is 5.51. The van der Waals surface area contributed by atoms with Crippen molar-refractivity contribution in [2.45, 2.75) is 26.4 Å². The van der Waals surface area contributed by atoms with Crippen LogP contribution >= 0.6 is 0 Å². The predicted molar refractivity (Wildman–Crippen MR) is 49.4 cm³/mol. The van der Waals surface area contributed by atoms with Crippen LogP contribution in [0.15, 0.2) is 18.2 Å². The minimum absolute atomic E-state index is 0.242. The van der Waals surface area contributed by atoms with E-state index < -0.39 is 5.60 Å². The van der Waals surface area contributed by atoms with Crippen molar-refractivity contribution >= 4 is 0 Å². The molecule has 0 aliphatic rings. The maximum Gasteiger partial charge on any atom is 0.123 e. The van der Waals surface area contributed by atoms with E-state index in [1.807, 2.05) is 20.8 Å². The first-order valence-corrected chi connectivity index (χ1v) is 4.12. The number of nitrogens with two attached hydrogens (primary N) is 1. The zero-order valence-corrected chi connectivity index (χ0v) is 8.10. The SMILES string of the molecule is Cc1cc(F)ccc1C(C)(C)ON. The molecule has 0 aromatic heterocycles. The van der Waals surface area contributed by atoms with Crippen molar-refractivity contribution in [3.63, 3.8) is 0 Å². The highest BCUT2D eigenvalue weighted by Gasteiger charge is 2.22. The van der Waals surface area contributed by atoms with Crippen LogP contribution in [0.3, 0.4) is 0 Å². The van der Waals surface area contributed by atoms with E-state index in [1.54, 1.807) is 6.07 Å². The molecule has 0 amide bonds. The molecule has 3 heteroatoms. The van der Waals surface area contributed by atoms with E-state index in [-0.39, 0.29) is 5.82 Å². The van der Waals surface area contributed by atoms with Crippen LogP contribution in [0, 0.1) is 12.7 Å². The summed E-state index contributed by atoms with van der Waals surface area (Å²) in [7, 11) is 0. The number of aryl methyl sites for hydroxylation is 1. The van der Waals surface area contributed by atoms with Gasteiger partial charge in [-0.3, -0.25) is 4.84 Å². The second-order valence-corrected chi connectivity index (χ2v) is 3.59. The number of rotatable bonds is 2. The van der Waals surface area contributed by atoms with Gasteiger partial charge in [-0.1, -0.05) is 6.07 Å². The van der Waals surface area contributed by atoms with Crippen LogP contribution in [-0.4, -0.2) is 0 Å². The average Bonchev–Trinajstić information content (AvgIpc) is 2.03. The normalized spacial score (nSPS) is 11.8. The standard InChI is InChI=1S/C10H14FNO/c1-7-6-8(11)4-5-9(7)10(2,3)13-12/h4-6H,12H2,1-3H3. The van der Waals surface area contributed by atoms with Gasteiger partial charge in [-0.2, -0.15) is 0 Å². The largest absolute Gasteiger partial charge is 0.294 e. The zero-order chi connectivity index (χ0) is 10.1. The molecule has 0 saturated carbocycles. The van der Waals surface area contributed by atoms with Crippen molar-refractivity contribution in [3.8, 4) is 0 Å². The highest BCUT2D eigenvalue weighted by molar-refractivity contribution is 5.30. The summed E-state index contributed by atoms with van der Waals surface area (Å²) in [5.74, 6) is 4.91. The second-order valence-electron chi connectivity index (χ2n) is 3.59. The Hall–Kier alpha value is -0.930. The molecule has 0 fully saturated rings. The van der Waals surface area contributed by atoms with E-state index in [0.717, 1.165) is 11.1 Å². The molecule has 0 bridgehead atoms. The number of hydrogen-bond donors (Lipinski definition) is 1. The van der Waals surface area contributed by atoms with E-state index in [4.69, 9.17) is 10.7 Å². The monoisotopic (exact) mass is 183 g/mol. The Balaban J connectivity index is 3.16. The number of hydrogen-bond acceptors (Lipinski definition) is 2. The van der Waals surface area contributed by atoms with Gasteiger partial charge < -0.3 is 0 Å². The third-order valence-electron chi connectivity index (χ3n) is 2.13. The van der Waals surface area contributed by atoms with Crippen molar-refractivity contribution in [1.29, 1.82) is 0 Å². The summed E-state index contributed by atoms with van der Waals surface area (Å²) in [6, 6.07) is 4.57. The number of halogens is 1. The number of benzene rings is 1. The molecule has 2 nitrogen and oxygen atoms in total. The van der Waals surface area contributed by atoms with Gasteiger partial charge in [0.15, 0.2) is 0 Å². The Morgan fingerprint density at radius 2 is 2.00 bits per heavy atom. The van der Waals surface area contributed by atoms with Gasteiger partial charge in [0.05, 0.1) is 0 Å². The fourth-order valence-corrected chi connectivity index (χ4v) is 1.37. The Morgan fingerprint density at radius 1 is 1.38 bits per heavy atom. The fourth-order valence-electron chi connectivity index (χ4n) is 1.37. The first kappa shape index (κ1) is 10.2. The minimum atomic E-state index is -0.572. The van der Waals surface area contributed by atoms with Crippen LogP contribution in [-0.2, 0) is 10.4 Å². The lowest BCUT2D eigenvalue weighted by Crippen LogP contribution is -2.26. The van der Waals surface area contributed by atoms with Gasteiger partial charge in [0.25, 0.3) is 0 Å². The quantitative estimate of drug-likeness (QED) is 0.714. The van der Waals surface area contributed by atoms with Gasteiger partial charge in [0.2, 0.25) is 0 Å². The molecule has 2 N–H and O–H groups in total. The zero-order valence-electron chi connectivity index (χ0n) is 8.10. The molecule has 0 saturated heterocycles. The smallest absolute Gasteiger partial charge is 0.123 e. The van der Waals surface area contributed by atoms with Crippen molar-refractivity contribution in [3.05, 3.63) is 35.1 Å². The van der Waals surface area contributed by atoms with Crippen molar-refractivity contribution < 1.29 is 9.23 Å². The summed E-state index contributed by atoms with van der Waals surface area (Å²) >= 11 is 0. The summed E-state index contributed by atoms with van der Waals surface area (Å²) in [5.41, 5.74) is 1.17. The summed E-state index contributed by atoms with van der Waals surface area (Å²) < 4.78 is 12.8. The van der Waals surface area contributed by atoms with Crippen molar-refractivity contribution in [2.75, 3.05) is 0 Å².